The van der Waals surface area contributed by atoms with Crippen molar-refractivity contribution in [1.29, 1.82) is 0 Å². The van der Waals surface area contributed by atoms with Gasteiger partial charge < -0.3 is 5.32 Å². The van der Waals surface area contributed by atoms with Crippen LogP contribution in [0.4, 0.5) is 5.13 Å². The van der Waals surface area contributed by atoms with Crippen LogP contribution in [0.15, 0.2) is 53.9 Å². The van der Waals surface area contributed by atoms with Crippen molar-refractivity contribution in [2.75, 3.05) is 11.9 Å². The molecule has 0 atom stereocenters. The lowest BCUT2D eigenvalue weighted by molar-refractivity contribution is -0.128. The molecule has 3 amide bonds. The van der Waals surface area contributed by atoms with Gasteiger partial charge in [0.2, 0.25) is 11.8 Å². The zero-order valence-corrected chi connectivity index (χ0v) is 17.4. The molecule has 4 rings (SSSR count). The lowest BCUT2D eigenvalue weighted by Crippen LogP contribution is -2.43. The number of hydrogen-bond donors (Lipinski definition) is 1. The summed E-state index contributed by atoms with van der Waals surface area (Å²) in [6.07, 6.45) is 1.18. The quantitative estimate of drug-likeness (QED) is 0.614. The van der Waals surface area contributed by atoms with Gasteiger partial charge in [0.05, 0.1) is 12.1 Å². The van der Waals surface area contributed by atoms with Crippen LogP contribution >= 0.6 is 11.3 Å². The maximum atomic E-state index is 12.6. The van der Waals surface area contributed by atoms with Gasteiger partial charge in [0, 0.05) is 29.5 Å². The molecule has 0 bridgehead atoms. The summed E-state index contributed by atoms with van der Waals surface area (Å²) in [4.78, 5) is 42.9. The molecule has 2 aromatic carbocycles. The van der Waals surface area contributed by atoms with Gasteiger partial charge in [-0.25, -0.2) is 4.98 Å². The maximum Gasteiger partial charge on any atom is 0.260 e. The number of benzene rings is 2. The summed E-state index contributed by atoms with van der Waals surface area (Å²) >= 11 is 1.35. The Labute approximate surface area is 178 Å². The molecule has 2 heterocycles. The molecule has 0 aliphatic carbocycles. The van der Waals surface area contributed by atoms with Crippen LogP contribution in [0.25, 0.3) is 11.3 Å². The van der Waals surface area contributed by atoms with Gasteiger partial charge in [-0.3, -0.25) is 19.3 Å². The first kappa shape index (κ1) is 20.0. The third-order valence-corrected chi connectivity index (χ3v) is 5.86. The number of carbonyl (C=O) groups is 3. The second-order valence-corrected chi connectivity index (χ2v) is 7.93. The van der Waals surface area contributed by atoms with Gasteiger partial charge in [0.1, 0.15) is 0 Å². The molecule has 0 saturated heterocycles. The van der Waals surface area contributed by atoms with Crippen molar-refractivity contribution in [2.24, 2.45) is 0 Å². The Balaban J connectivity index is 1.36. The van der Waals surface area contributed by atoms with Gasteiger partial charge in [0.15, 0.2) is 5.13 Å². The molecule has 6 nitrogen and oxygen atoms in total. The summed E-state index contributed by atoms with van der Waals surface area (Å²) in [7, 11) is 0. The lowest BCUT2D eigenvalue weighted by atomic mass is 9.98. The van der Waals surface area contributed by atoms with Gasteiger partial charge in [-0.2, -0.15) is 0 Å². The molecule has 30 heavy (non-hydrogen) atoms. The van der Waals surface area contributed by atoms with E-state index in [1.165, 1.54) is 16.9 Å². The molecule has 0 fully saturated rings. The topological polar surface area (TPSA) is 79.4 Å². The van der Waals surface area contributed by atoms with Gasteiger partial charge in [-0.05, 0) is 23.6 Å². The number of fused-ring (bicyclic) bond motifs is 1. The molecular formula is C23H21N3O3S. The number of hydrogen-bond acceptors (Lipinski definition) is 5. The summed E-state index contributed by atoms with van der Waals surface area (Å²) in [5.74, 6) is -0.906. The summed E-state index contributed by atoms with van der Waals surface area (Å²) in [5.41, 5.74) is 4.31. The van der Waals surface area contributed by atoms with Crippen molar-refractivity contribution >= 4 is 34.2 Å². The van der Waals surface area contributed by atoms with Crippen LogP contribution in [0.2, 0.25) is 0 Å². The van der Waals surface area contributed by atoms with Gasteiger partial charge in [-0.1, -0.05) is 49.4 Å². The summed E-state index contributed by atoms with van der Waals surface area (Å²) in [6.45, 7) is 2.16. The normalized spacial score (nSPS) is 13.3. The average molecular weight is 420 g/mol. The van der Waals surface area contributed by atoms with Crippen LogP contribution in [0.1, 0.15) is 34.8 Å². The van der Waals surface area contributed by atoms with E-state index in [1.54, 1.807) is 18.2 Å². The number of thiazole rings is 1. The minimum atomic E-state index is -0.346. The molecular weight excluding hydrogens is 398 g/mol. The van der Waals surface area contributed by atoms with E-state index in [0.717, 1.165) is 28.1 Å². The molecule has 0 unspecified atom stereocenters. The van der Waals surface area contributed by atoms with Crippen molar-refractivity contribution in [2.45, 2.75) is 26.2 Å². The molecule has 1 aliphatic heterocycles. The smallest absolute Gasteiger partial charge is 0.260 e. The number of nitrogens with zero attached hydrogens (tertiary/aromatic N) is 2. The highest BCUT2D eigenvalue weighted by Crippen LogP contribution is 2.25. The summed E-state index contributed by atoms with van der Waals surface area (Å²) in [6, 6.07) is 15.2. The van der Waals surface area contributed by atoms with E-state index in [-0.39, 0.29) is 37.1 Å². The zero-order valence-electron chi connectivity index (χ0n) is 16.6. The van der Waals surface area contributed by atoms with Gasteiger partial charge in [0.25, 0.3) is 5.91 Å². The number of carbonyl (C=O) groups excluding carboxylic acids is 3. The van der Waals surface area contributed by atoms with E-state index in [2.05, 4.69) is 29.4 Å². The van der Waals surface area contributed by atoms with Crippen molar-refractivity contribution in [3.8, 4) is 11.3 Å². The fourth-order valence-corrected chi connectivity index (χ4v) is 4.13. The predicted molar refractivity (Wildman–Crippen MR) is 116 cm³/mol. The standard InChI is InChI=1S/C23H21N3O3S/c1-2-15-7-9-16(10-8-15)19-14-30-23(24-19)25-20(27)11-12-26-21(28)13-17-5-3-4-6-18(17)22(26)29/h3-10,14H,2,11-13H2,1H3,(H,24,25,27). The molecule has 0 spiro atoms. The predicted octanol–water partition coefficient (Wildman–Crippen LogP) is 3.93. The van der Waals surface area contributed by atoms with Gasteiger partial charge in [-0.15, -0.1) is 11.3 Å². The van der Waals surface area contributed by atoms with Crippen LogP contribution in [0.3, 0.4) is 0 Å². The van der Waals surface area contributed by atoms with Crippen molar-refractivity contribution in [3.63, 3.8) is 0 Å². The first-order valence-corrected chi connectivity index (χ1v) is 10.7. The van der Waals surface area contributed by atoms with E-state index in [1.807, 2.05) is 23.6 Å². The van der Waals surface area contributed by atoms with E-state index < -0.39 is 0 Å². The zero-order chi connectivity index (χ0) is 21.1. The highest BCUT2D eigenvalue weighted by Gasteiger charge is 2.30. The van der Waals surface area contributed by atoms with E-state index in [0.29, 0.717) is 10.7 Å². The molecule has 0 saturated carbocycles. The molecule has 3 aromatic rings. The highest BCUT2D eigenvalue weighted by atomic mass is 32.1. The fourth-order valence-electron chi connectivity index (χ4n) is 3.40. The van der Waals surface area contributed by atoms with Crippen molar-refractivity contribution in [1.82, 2.24) is 9.88 Å². The first-order chi connectivity index (χ1) is 14.5. The first-order valence-electron chi connectivity index (χ1n) is 9.82. The van der Waals surface area contributed by atoms with Crippen LogP contribution in [0.5, 0.6) is 0 Å². The molecule has 0 radical (unpaired) electrons. The fraction of sp³-hybridized carbons (Fsp3) is 0.217. The average Bonchev–Trinajstić information content (AvgIpc) is 3.22. The van der Waals surface area contributed by atoms with Crippen LogP contribution in [-0.4, -0.2) is 34.2 Å². The third kappa shape index (κ3) is 4.16. The number of aromatic nitrogens is 1. The minimum absolute atomic E-state index is 0.0275. The number of amides is 3. The monoisotopic (exact) mass is 419 g/mol. The molecule has 1 N–H and O–H groups in total. The van der Waals surface area contributed by atoms with Crippen LogP contribution in [0, 0.1) is 0 Å². The number of rotatable bonds is 6. The van der Waals surface area contributed by atoms with Crippen molar-refractivity contribution in [3.05, 3.63) is 70.6 Å². The molecule has 7 heteroatoms. The molecule has 152 valence electrons. The number of imide groups is 1. The van der Waals surface area contributed by atoms with Crippen molar-refractivity contribution < 1.29 is 14.4 Å². The van der Waals surface area contributed by atoms with E-state index >= 15 is 0 Å². The Kier molecular flexibility index (Phi) is 5.72. The lowest BCUT2D eigenvalue weighted by Gasteiger charge is -2.26. The third-order valence-electron chi connectivity index (χ3n) is 5.11. The summed E-state index contributed by atoms with van der Waals surface area (Å²) < 4.78 is 0. The second-order valence-electron chi connectivity index (χ2n) is 7.07. The highest BCUT2D eigenvalue weighted by molar-refractivity contribution is 7.14. The number of anilines is 1. The Morgan fingerprint density at radius 3 is 2.67 bits per heavy atom. The van der Waals surface area contributed by atoms with Gasteiger partial charge >= 0.3 is 0 Å². The SMILES string of the molecule is CCc1ccc(-c2csc(NC(=O)CCN3C(=O)Cc4ccccc4C3=O)n2)cc1. The Morgan fingerprint density at radius 2 is 1.90 bits per heavy atom. The molecule has 1 aromatic heterocycles. The summed E-state index contributed by atoms with van der Waals surface area (Å²) in [5, 5.41) is 5.15. The second kappa shape index (κ2) is 8.59. The Hall–Kier alpha value is -3.32. The maximum absolute atomic E-state index is 12.6. The number of nitrogens with one attached hydrogen (secondary N) is 1. The largest absolute Gasteiger partial charge is 0.302 e. The number of aryl methyl sites for hydroxylation is 1. The van der Waals surface area contributed by atoms with Crippen LogP contribution < -0.4 is 5.32 Å². The van der Waals surface area contributed by atoms with E-state index in [9.17, 15) is 14.4 Å². The Bertz CT molecular complexity index is 1100. The van der Waals surface area contributed by atoms with Crippen LogP contribution in [-0.2, 0) is 22.4 Å². The van der Waals surface area contributed by atoms with E-state index in [4.69, 9.17) is 0 Å². The molecule has 1 aliphatic rings. The Morgan fingerprint density at radius 1 is 1.13 bits per heavy atom. The minimum Gasteiger partial charge on any atom is -0.302 e.